The molecule has 0 saturated heterocycles. The van der Waals surface area contributed by atoms with Crippen LogP contribution in [0.2, 0.25) is 38.8 Å². The summed E-state index contributed by atoms with van der Waals surface area (Å²) in [5.74, 6) is 0. The van der Waals surface area contributed by atoms with Gasteiger partial charge < -0.3 is 6.92 Å². The van der Waals surface area contributed by atoms with Gasteiger partial charge in [0.1, 0.15) is 0 Å². The van der Waals surface area contributed by atoms with Crippen LogP contribution in [0.1, 0.15) is 20.3 Å². The maximum atomic E-state index is 3.25. The molecule has 0 aromatic carbocycles. The molecule has 0 N–H and O–H groups in total. The molecule has 0 nitrogen and oxygen atoms in total. The fraction of sp³-hybridized carbons (Fsp3) is 0.900. The molecule has 0 aromatic rings. The summed E-state index contributed by atoms with van der Waals surface area (Å²) in [5, 5.41) is 0. The molecule has 2 radical (unpaired) electrons. The third kappa shape index (κ3) is 83.6. The molecule has 0 amide bonds. The Morgan fingerprint density at radius 3 is 1.15 bits per heavy atom. The van der Waals surface area contributed by atoms with Crippen molar-refractivity contribution in [2.75, 3.05) is 0 Å². The first kappa shape index (κ1) is 24.2. The van der Waals surface area contributed by atoms with Gasteiger partial charge in [0.25, 0.3) is 0 Å². The van der Waals surface area contributed by atoms with Gasteiger partial charge in [-0.15, -0.1) is 0 Å². The van der Waals surface area contributed by atoms with E-state index >= 15 is 0 Å². The van der Waals surface area contributed by atoms with E-state index in [1.54, 1.807) is 6.92 Å². The van der Waals surface area contributed by atoms with Crippen molar-refractivity contribution in [3.05, 3.63) is 6.92 Å². The van der Waals surface area contributed by atoms with E-state index in [4.69, 9.17) is 0 Å². The van der Waals surface area contributed by atoms with Gasteiger partial charge in [0.2, 0.25) is 0 Å². The Kier molecular flexibility index (Phi) is 43.7. The van der Waals surface area contributed by atoms with Gasteiger partial charge in [-0.05, 0) is 0 Å². The van der Waals surface area contributed by atoms with Crippen LogP contribution in [0.4, 0.5) is 0 Å². The zero-order chi connectivity index (χ0) is 10.6. The normalized spacial score (nSPS) is 7.85. The van der Waals surface area contributed by atoms with Crippen LogP contribution in [0.5, 0.6) is 0 Å². The molecule has 0 fully saturated rings. The molecule has 13 heavy (non-hydrogen) atoms. The van der Waals surface area contributed by atoms with Gasteiger partial charge in [0.15, 0.2) is 0 Å². The monoisotopic (exact) mass is 345 g/mol. The third-order valence-electron chi connectivity index (χ3n) is 0.750. The van der Waals surface area contributed by atoms with E-state index in [1.165, 1.54) is 12.5 Å². The maximum absolute atomic E-state index is 3.25. The minimum Gasteiger partial charge on any atom is -0.346 e. The zero-order valence-corrected chi connectivity index (χ0v) is 15.8. The van der Waals surface area contributed by atoms with Crippen LogP contribution in [0.15, 0.2) is 0 Å². The molecule has 80 valence electrons. The van der Waals surface area contributed by atoms with Crippen molar-refractivity contribution in [2.24, 2.45) is 0 Å². The molecule has 0 aliphatic heterocycles. The summed E-state index contributed by atoms with van der Waals surface area (Å²) in [7, 11) is 0.235. The Labute approximate surface area is 123 Å². The second-order valence-corrected chi connectivity index (χ2v) is 9.37. The standard InChI is InChI=1S/C5H13Si.C3H9Si.C2H5.Nd/c1-4-5-6(2)3;1-4(2)3;1-2;/h4-5H2,1-3H3;1-3H3;1H2,2H3;/q;;-1;. The number of hydrogen-bond acceptors (Lipinski definition) is 0. The summed E-state index contributed by atoms with van der Waals surface area (Å²) in [6.07, 6.45) is 1.38. The van der Waals surface area contributed by atoms with Crippen molar-refractivity contribution in [3.8, 4) is 0 Å². The van der Waals surface area contributed by atoms with E-state index in [0.29, 0.717) is 0 Å². The van der Waals surface area contributed by atoms with Gasteiger partial charge in [-0.3, -0.25) is 0 Å². The molecule has 0 aromatic heterocycles. The Balaban J connectivity index is -0.0000000512. The van der Waals surface area contributed by atoms with Crippen LogP contribution in [-0.2, 0) is 0 Å². The van der Waals surface area contributed by atoms with E-state index in [2.05, 4.69) is 46.6 Å². The number of rotatable bonds is 2. The van der Waals surface area contributed by atoms with Crippen molar-refractivity contribution in [1.29, 1.82) is 0 Å². The number of hydrogen-bond donors (Lipinski definition) is 0. The largest absolute Gasteiger partial charge is 0.346 e. The van der Waals surface area contributed by atoms with Crippen LogP contribution in [0, 0.1) is 47.8 Å². The van der Waals surface area contributed by atoms with Crippen LogP contribution in [0.25, 0.3) is 0 Å². The van der Waals surface area contributed by atoms with E-state index < -0.39 is 0 Å². The molecule has 0 aliphatic rings. The van der Waals surface area contributed by atoms with Gasteiger partial charge in [-0.2, -0.15) is 6.92 Å². The van der Waals surface area contributed by atoms with E-state index in [1.807, 2.05) is 0 Å². The Hall–Kier alpha value is 1.78. The molecule has 0 aliphatic carbocycles. The third-order valence-corrected chi connectivity index (χ3v) is 2.25. The Morgan fingerprint density at radius 2 is 1.15 bits per heavy atom. The molecule has 0 saturated carbocycles. The molecular weight excluding hydrogens is 321 g/mol. The van der Waals surface area contributed by atoms with Crippen molar-refractivity contribution >= 4 is 17.6 Å². The van der Waals surface area contributed by atoms with E-state index in [9.17, 15) is 0 Å². The Bertz CT molecular complexity index is 54.1. The molecule has 0 atom stereocenters. The molecule has 3 heteroatoms. The van der Waals surface area contributed by atoms with Gasteiger partial charge in [-0.25, -0.2) is 0 Å². The zero-order valence-electron chi connectivity index (χ0n) is 10.6. The fourth-order valence-corrected chi connectivity index (χ4v) is 1.50. The van der Waals surface area contributed by atoms with Crippen LogP contribution in [0.3, 0.4) is 0 Å². The smallest absolute Gasteiger partial charge is 0.0412 e. The van der Waals surface area contributed by atoms with Gasteiger partial charge in [0.05, 0.1) is 0 Å². The van der Waals surface area contributed by atoms with Crippen molar-refractivity contribution in [2.45, 2.75) is 59.0 Å². The average molecular weight is 348 g/mol. The predicted molar refractivity (Wildman–Crippen MR) is 67.0 cm³/mol. The van der Waals surface area contributed by atoms with Gasteiger partial charge >= 0.3 is 0 Å². The SMILES string of the molecule is CCC[Si](C)C.C[Si](C)C.[CH2-]C.[Nd]. The van der Waals surface area contributed by atoms with E-state index in [0.717, 1.165) is 0 Å². The summed E-state index contributed by atoms with van der Waals surface area (Å²) in [6.45, 7) is 18.8. The Morgan fingerprint density at radius 1 is 0.923 bits per heavy atom. The van der Waals surface area contributed by atoms with Gasteiger partial charge in [0, 0.05) is 58.4 Å². The maximum Gasteiger partial charge on any atom is 0.0412 e. The summed E-state index contributed by atoms with van der Waals surface area (Å²) in [6, 6.07) is 1.48. The van der Waals surface area contributed by atoms with Crippen molar-refractivity contribution in [1.82, 2.24) is 0 Å². The molecule has 0 unspecified atom stereocenters. The van der Waals surface area contributed by atoms with Crippen LogP contribution < -0.4 is 0 Å². The van der Waals surface area contributed by atoms with E-state index in [-0.39, 0.29) is 58.4 Å². The minimum absolute atomic E-state index is 0. The summed E-state index contributed by atoms with van der Waals surface area (Å²) >= 11 is 0. The van der Waals surface area contributed by atoms with Crippen molar-refractivity contribution in [3.63, 3.8) is 0 Å². The second kappa shape index (κ2) is 23.5. The van der Waals surface area contributed by atoms with Crippen LogP contribution >= 0.6 is 0 Å². The fourth-order valence-electron chi connectivity index (χ4n) is 0.500. The second-order valence-electron chi connectivity index (χ2n) is 3.46. The summed E-state index contributed by atoms with van der Waals surface area (Å²) in [4.78, 5) is 0. The minimum atomic E-state index is 0. The van der Waals surface area contributed by atoms with Gasteiger partial charge in [-0.1, -0.05) is 52.1 Å². The topological polar surface area (TPSA) is 0 Å². The molecule has 0 spiro atoms. The van der Waals surface area contributed by atoms with Crippen LogP contribution in [-0.4, -0.2) is 17.6 Å². The quantitative estimate of drug-likeness (QED) is 0.514. The summed E-state index contributed by atoms with van der Waals surface area (Å²) < 4.78 is 0. The summed E-state index contributed by atoms with van der Waals surface area (Å²) in [5.41, 5.74) is 0. The molecule has 0 heterocycles. The first-order valence-electron chi connectivity index (χ1n) is 4.77. The molecular formula is C10H27NdSi2-. The average Bonchev–Trinajstić information content (AvgIpc) is 1.90. The molecule has 0 rings (SSSR count). The molecule has 0 bridgehead atoms. The first-order valence-corrected chi connectivity index (χ1v) is 10.5. The van der Waals surface area contributed by atoms with Crippen molar-refractivity contribution < 1.29 is 40.8 Å². The first-order chi connectivity index (χ1) is 5.50. The predicted octanol–water partition coefficient (Wildman–Crippen LogP) is 4.36.